The number of piperazine rings is 1. The minimum Gasteiger partial charge on any atom is -0.493 e. The summed E-state index contributed by atoms with van der Waals surface area (Å²) in [4.78, 5) is 17.5. The van der Waals surface area contributed by atoms with Crippen LogP contribution in [-0.4, -0.2) is 68.5 Å². The molecule has 1 amide bonds. The number of thiophene rings is 1. The molecule has 0 unspecified atom stereocenters. The zero-order valence-corrected chi connectivity index (χ0v) is 21.7. The van der Waals surface area contributed by atoms with Crippen molar-refractivity contribution in [1.29, 1.82) is 0 Å². The molecule has 174 valence electrons. The molecule has 33 heavy (non-hydrogen) atoms. The van der Waals surface area contributed by atoms with Gasteiger partial charge >= 0.3 is 0 Å². The van der Waals surface area contributed by atoms with Crippen LogP contribution in [0.5, 0.6) is 17.2 Å². The number of ether oxygens (including phenoxy) is 3. The Labute approximate surface area is 208 Å². The van der Waals surface area contributed by atoms with Crippen molar-refractivity contribution in [3.05, 3.63) is 33.2 Å². The maximum absolute atomic E-state index is 13.3. The zero-order chi connectivity index (χ0) is 23.1. The molecule has 1 aromatic carbocycles. The van der Waals surface area contributed by atoms with E-state index in [1.54, 1.807) is 44.4 Å². The number of halogens is 1. The highest BCUT2D eigenvalue weighted by molar-refractivity contribution is 9.11. The van der Waals surface area contributed by atoms with Gasteiger partial charge in [-0.15, -0.1) is 23.1 Å². The number of hydrogen-bond donors (Lipinski definition) is 1. The Morgan fingerprint density at radius 3 is 2.39 bits per heavy atom. The largest absolute Gasteiger partial charge is 0.493 e. The number of methoxy groups -OCH3 is 3. The Morgan fingerprint density at radius 2 is 1.76 bits per heavy atom. The summed E-state index contributed by atoms with van der Waals surface area (Å²) < 4.78 is 18.7. The van der Waals surface area contributed by atoms with Crippen LogP contribution in [0.15, 0.2) is 26.2 Å². The van der Waals surface area contributed by atoms with Gasteiger partial charge in [-0.2, -0.15) is 5.10 Å². The lowest BCUT2D eigenvalue weighted by atomic mass is 10.1. The van der Waals surface area contributed by atoms with Crippen LogP contribution in [0.25, 0.3) is 11.3 Å². The number of carbonyl (C=O) groups is 1. The molecule has 11 heteroatoms. The van der Waals surface area contributed by atoms with Crippen molar-refractivity contribution in [1.82, 2.24) is 15.1 Å². The van der Waals surface area contributed by atoms with Crippen molar-refractivity contribution < 1.29 is 19.0 Å². The zero-order valence-electron chi connectivity index (χ0n) is 18.4. The number of benzene rings is 1. The summed E-state index contributed by atoms with van der Waals surface area (Å²) in [6, 6.07) is 5.96. The van der Waals surface area contributed by atoms with E-state index >= 15 is 0 Å². The third kappa shape index (κ3) is 3.95. The van der Waals surface area contributed by atoms with E-state index in [1.807, 2.05) is 17.0 Å². The quantitative estimate of drug-likeness (QED) is 0.501. The molecule has 8 nitrogen and oxygen atoms in total. The second kappa shape index (κ2) is 9.11. The summed E-state index contributed by atoms with van der Waals surface area (Å²) in [5.41, 5.74) is 4.56. The van der Waals surface area contributed by atoms with Crippen LogP contribution in [0.2, 0.25) is 0 Å². The predicted molar refractivity (Wildman–Crippen MR) is 133 cm³/mol. The van der Waals surface area contributed by atoms with E-state index in [2.05, 4.69) is 37.1 Å². The van der Waals surface area contributed by atoms with Gasteiger partial charge < -0.3 is 24.0 Å². The van der Waals surface area contributed by atoms with E-state index in [4.69, 9.17) is 14.2 Å². The number of nitrogens with zero attached hydrogens (tertiary/aromatic N) is 3. The maximum Gasteiger partial charge on any atom is 0.272 e. The molecule has 4 heterocycles. The summed E-state index contributed by atoms with van der Waals surface area (Å²) in [6.07, 6.45) is 0. The fourth-order valence-corrected chi connectivity index (χ4v) is 7.44. The number of anilines is 1. The highest BCUT2D eigenvalue weighted by atomic mass is 79.9. The van der Waals surface area contributed by atoms with E-state index in [-0.39, 0.29) is 5.91 Å². The third-order valence-corrected chi connectivity index (χ3v) is 8.88. The molecule has 0 atom stereocenters. The van der Waals surface area contributed by atoms with Crippen molar-refractivity contribution in [2.45, 2.75) is 9.96 Å². The summed E-state index contributed by atoms with van der Waals surface area (Å²) in [6.45, 7) is 2.64. The number of carbonyl (C=O) groups excluding carboxylic acids is 1. The molecule has 0 radical (unpaired) electrons. The second-order valence-electron chi connectivity index (χ2n) is 7.63. The standard InChI is InChI=1S/C22H23BrN4O4S2/c1-29-15-8-12(9-16(30-2)20(15)31-3)26-4-6-27(7-5-26)21(28)19-14-11-32-22-13(10-17(23)33-22)18(14)24-25-19/h8-10H,4-7,11H2,1-3H3,(H,24,25). The maximum atomic E-state index is 13.3. The number of aromatic nitrogens is 2. The second-order valence-corrected chi connectivity index (χ2v) is 11.3. The number of fused-ring (bicyclic) bond motifs is 3. The molecule has 0 saturated carbocycles. The number of thioether (sulfide) groups is 1. The van der Waals surface area contributed by atoms with Crippen molar-refractivity contribution in [2.24, 2.45) is 0 Å². The lowest BCUT2D eigenvalue weighted by molar-refractivity contribution is 0.0740. The Balaban J connectivity index is 1.32. The highest BCUT2D eigenvalue weighted by Crippen LogP contribution is 2.47. The van der Waals surface area contributed by atoms with Crippen LogP contribution < -0.4 is 19.1 Å². The first-order valence-corrected chi connectivity index (χ1v) is 13.0. The number of rotatable bonds is 5. The normalized spacial score (nSPS) is 15.2. The molecule has 2 aliphatic rings. The molecular formula is C22H23BrN4O4S2. The Bertz CT molecular complexity index is 1180. The van der Waals surface area contributed by atoms with Gasteiger partial charge in [0.2, 0.25) is 5.75 Å². The molecule has 0 bridgehead atoms. The van der Waals surface area contributed by atoms with Crippen molar-refractivity contribution >= 4 is 50.6 Å². The van der Waals surface area contributed by atoms with Crippen LogP contribution >= 0.6 is 39.0 Å². The van der Waals surface area contributed by atoms with E-state index in [9.17, 15) is 4.79 Å². The first-order valence-electron chi connectivity index (χ1n) is 10.4. The first-order chi connectivity index (χ1) is 16.0. The lowest BCUT2D eigenvalue weighted by Crippen LogP contribution is -2.49. The SMILES string of the molecule is COc1cc(N2CCN(C(=O)c3[nH]nc4c3CSc3sc(Br)cc3-4)CC2)cc(OC)c1OC. The van der Waals surface area contributed by atoms with Crippen LogP contribution in [0.1, 0.15) is 16.1 Å². The average molecular weight is 551 g/mol. The molecular weight excluding hydrogens is 528 g/mol. The van der Waals surface area contributed by atoms with Gasteiger partial charge in [-0.25, -0.2) is 0 Å². The number of H-pyrrole nitrogens is 1. The van der Waals surface area contributed by atoms with Crippen LogP contribution in [0.3, 0.4) is 0 Å². The first kappa shape index (κ1) is 22.4. The number of nitrogens with one attached hydrogen (secondary N) is 1. The Hall–Kier alpha value is -2.37. The van der Waals surface area contributed by atoms with Crippen LogP contribution in [0.4, 0.5) is 5.69 Å². The van der Waals surface area contributed by atoms with Crippen LogP contribution in [0, 0.1) is 0 Å². The van der Waals surface area contributed by atoms with Gasteiger partial charge in [0.15, 0.2) is 11.5 Å². The average Bonchev–Trinajstić information content (AvgIpc) is 3.45. The Morgan fingerprint density at radius 1 is 1.06 bits per heavy atom. The molecule has 1 fully saturated rings. The highest BCUT2D eigenvalue weighted by Gasteiger charge is 2.31. The van der Waals surface area contributed by atoms with E-state index < -0.39 is 0 Å². The van der Waals surface area contributed by atoms with E-state index in [0.29, 0.717) is 49.1 Å². The summed E-state index contributed by atoms with van der Waals surface area (Å²) in [5, 5.41) is 7.52. The molecule has 1 saturated heterocycles. The van der Waals surface area contributed by atoms with Gasteiger partial charge in [0.05, 0.1) is 35.0 Å². The van der Waals surface area contributed by atoms with E-state index in [1.165, 1.54) is 4.21 Å². The fourth-order valence-electron chi connectivity index (χ4n) is 4.24. The predicted octanol–water partition coefficient (Wildman–Crippen LogP) is 4.49. The number of amides is 1. The summed E-state index contributed by atoms with van der Waals surface area (Å²) in [5.74, 6) is 2.56. The molecule has 0 aliphatic carbocycles. The van der Waals surface area contributed by atoms with Gasteiger partial charge in [0.1, 0.15) is 5.69 Å². The minimum absolute atomic E-state index is 0.00615. The van der Waals surface area contributed by atoms with Gasteiger partial charge in [-0.05, 0) is 22.0 Å². The van der Waals surface area contributed by atoms with Gasteiger partial charge in [0, 0.05) is 60.9 Å². The van der Waals surface area contributed by atoms with Crippen molar-refractivity contribution in [3.8, 4) is 28.5 Å². The molecule has 2 aliphatic heterocycles. The lowest BCUT2D eigenvalue weighted by Gasteiger charge is -2.36. The third-order valence-electron chi connectivity index (χ3n) is 5.93. The number of hydrogen-bond acceptors (Lipinski definition) is 8. The Kier molecular flexibility index (Phi) is 6.19. The molecule has 3 aromatic rings. The van der Waals surface area contributed by atoms with Crippen molar-refractivity contribution in [3.63, 3.8) is 0 Å². The summed E-state index contributed by atoms with van der Waals surface area (Å²) >= 11 is 7.02. The molecule has 1 N–H and O–H groups in total. The monoisotopic (exact) mass is 550 g/mol. The van der Waals surface area contributed by atoms with E-state index in [0.717, 1.165) is 32.0 Å². The molecule has 2 aromatic heterocycles. The molecule has 0 spiro atoms. The smallest absolute Gasteiger partial charge is 0.272 e. The summed E-state index contributed by atoms with van der Waals surface area (Å²) in [7, 11) is 4.81. The number of aromatic amines is 1. The van der Waals surface area contributed by atoms with Gasteiger partial charge in [-0.1, -0.05) is 0 Å². The minimum atomic E-state index is 0.00615. The topological polar surface area (TPSA) is 79.9 Å². The van der Waals surface area contributed by atoms with Crippen molar-refractivity contribution in [2.75, 3.05) is 52.4 Å². The fraction of sp³-hybridized carbons (Fsp3) is 0.364. The molecule has 5 rings (SSSR count). The van der Waals surface area contributed by atoms with Gasteiger partial charge in [-0.3, -0.25) is 9.89 Å². The van der Waals surface area contributed by atoms with Gasteiger partial charge in [0.25, 0.3) is 5.91 Å². The van der Waals surface area contributed by atoms with Crippen LogP contribution in [-0.2, 0) is 5.75 Å².